The topological polar surface area (TPSA) is 59.1 Å². The number of carbonyl (C=O) groups is 1. The number of hydrogen-bond acceptors (Lipinski definition) is 4. The van der Waals surface area contributed by atoms with Crippen LogP contribution in [-0.4, -0.2) is 50.6 Å². The van der Waals surface area contributed by atoms with Crippen molar-refractivity contribution in [2.75, 3.05) is 35.3 Å². The minimum atomic E-state index is -3.08. The minimum Gasteiger partial charge on any atom is -0.465 e. The summed E-state index contributed by atoms with van der Waals surface area (Å²) in [4.78, 5) is 11.3. The van der Waals surface area contributed by atoms with Gasteiger partial charge in [0.15, 0.2) is 0 Å². The highest BCUT2D eigenvalue weighted by Gasteiger charge is 2.31. The van der Waals surface area contributed by atoms with Crippen molar-refractivity contribution in [3.8, 4) is 5.75 Å². The molecule has 0 spiro atoms. The Bertz CT molecular complexity index is 473. The Hall–Kier alpha value is -1.36. The first-order valence-electron chi connectivity index (χ1n) is 5.65. The normalized spacial score (nSPS) is 11.7. The molecule has 106 valence electrons. The van der Waals surface area contributed by atoms with Crippen LogP contribution in [0.1, 0.15) is 10.4 Å². The summed E-state index contributed by atoms with van der Waals surface area (Å²) in [6.07, 6.45) is 0. The van der Waals surface area contributed by atoms with E-state index in [1.54, 1.807) is 52.5 Å². The Kier molecular flexibility index (Phi) is 5.11. The quantitative estimate of drug-likeness (QED) is 0.610. The van der Waals surface area contributed by atoms with Crippen molar-refractivity contribution in [1.82, 2.24) is 9.34 Å². The van der Waals surface area contributed by atoms with Crippen molar-refractivity contribution in [3.63, 3.8) is 0 Å². The van der Waals surface area contributed by atoms with E-state index in [1.807, 2.05) is 0 Å². The fourth-order valence-corrected chi connectivity index (χ4v) is 2.87. The summed E-state index contributed by atoms with van der Waals surface area (Å²) in [5, 5.41) is 0. The summed E-state index contributed by atoms with van der Waals surface area (Å²) in [6.45, 7) is 0. The Morgan fingerprint density at radius 2 is 1.53 bits per heavy atom. The van der Waals surface area contributed by atoms with Gasteiger partial charge in [-0.05, 0) is 52.5 Å². The maximum Gasteiger partial charge on any atom is 0.394 e. The minimum absolute atomic E-state index is 0.416. The summed E-state index contributed by atoms with van der Waals surface area (Å²) in [6, 6.07) is 6.31. The third-order valence-electron chi connectivity index (χ3n) is 2.51. The highest BCUT2D eigenvalue weighted by atomic mass is 31.2. The van der Waals surface area contributed by atoms with Crippen molar-refractivity contribution in [2.45, 2.75) is 0 Å². The molecule has 0 atom stereocenters. The second-order valence-corrected chi connectivity index (χ2v) is 7.06. The first-order chi connectivity index (χ1) is 8.81. The summed E-state index contributed by atoms with van der Waals surface area (Å²) >= 11 is 0. The first-order valence-corrected chi connectivity index (χ1v) is 7.18. The molecule has 6 nitrogen and oxygen atoms in total. The first kappa shape index (κ1) is 15.7. The lowest BCUT2D eigenvalue weighted by Gasteiger charge is -2.29. The van der Waals surface area contributed by atoms with E-state index >= 15 is 0 Å². The summed E-state index contributed by atoms with van der Waals surface area (Å²) in [7, 11) is 4.97. The van der Waals surface area contributed by atoms with Crippen LogP contribution in [0.3, 0.4) is 0 Å². The Balaban J connectivity index is 2.94. The molecule has 0 bridgehead atoms. The summed E-state index contributed by atoms with van der Waals surface area (Å²) in [5.74, 6) is 0.00772. The Morgan fingerprint density at radius 3 is 1.89 bits per heavy atom. The molecule has 0 aliphatic carbocycles. The second-order valence-electron chi connectivity index (χ2n) is 4.29. The SMILES string of the molecule is COC(=O)c1ccc(OP(=O)(N(C)C)N(C)C)cc1. The van der Waals surface area contributed by atoms with Gasteiger partial charge in [0.2, 0.25) is 0 Å². The predicted molar refractivity (Wildman–Crippen MR) is 73.4 cm³/mol. The number of hydrogen-bond donors (Lipinski definition) is 0. The fourth-order valence-electron chi connectivity index (χ4n) is 1.43. The van der Waals surface area contributed by atoms with E-state index in [0.29, 0.717) is 11.3 Å². The number of ether oxygens (including phenoxy) is 1. The molecule has 0 radical (unpaired) electrons. The van der Waals surface area contributed by atoms with Crippen LogP contribution in [0.25, 0.3) is 0 Å². The monoisotopic (exact) mass is 286 g/mol. The van der Waals surface area contributed by atoms with Gasteiger partial charge in [-0.25, -0.2) is 18.7 Å². The van der Waals surface area contributed by atoms with Crippen molar-refractivity contribution in [3.05, 3.63) is 29.8 Å². The van der Waals surface area contributed by atoms with E-state index in [4.69, 9.17) is 4.52 Å². The molecule has 0 saturated heterocycles. The van der Waals surface area contributed by atoms with Crippen LogP contribution in [0.5, 0.6) is 5.75 Å². The standard InChI is InChI=1S/C12H19N2O4P/c1-13(2)19(16,14(3)4)18-11-8-6-10(7-9-11)12(15)17-5/h6-9H,1-5H3. The van der Waals surface area contributed by atoms with E-state index in [0.717, 1.165) is 0 Å². The number of esters is 1. The van der Waals surface area contributed by atoms with Crippen LogP contribution >= 0.6 is 7.67 Å². The van der Waals surface area contributed by atoms with Gasteiger partial charge in [0, 0.05) is 0 Å². The molecule has 1 rings (SSSR count). The molecule has 0 N–H and O–H groups in total. The average Bonchev–Trinajstić information content (AvgIpc) is 2.38. The highest BCUT2D eigenvalue weighted by Crippen LogP contribution is 2.50. The predicted octanol–water partition coefficient (Wildman–Crippen LogP) is 2.08. The molecule has 1 aromatic carbocycles. The van der Waals surface area contributed by atoms with Crippen molar-refractivity contribution in [1.29, 1.82) is 0 Å². The molecule has 0 aromatic heterocycles. The zero-order chi connectivity index (χ0) is 14.6. The van der Waals surface area contributed by atoms with Gasteiger partial charge in [-0.2, -0.15) is 0 Å². The zero-order valence-electron chi connectivity index (χ0n) is 11.8. The van der Waals surface area contributed by atoms with Crippen molar-refractivity contribution < 1.29 is 18.6 Å². The Labute approximate surface area is 113 Å². The number of rotatable bonds is 5. The lowest BCUT2D eigenvalue weighted by atomic mass is 10.2. The van der Waals surface area contributed by atoms with Gasteiger partial charge in [-0.15, -0.1) is 0 Å². The Morgan fingerprint density at radius 1 is 1.05 bits per heavy atom. The van der Waals surface area contributed by atoms with E-state index in [-0.39, 0.29) is 0 Å². The van der Waals surface area contributed by atoms with E-state index < -0.39 is 13.6 Å². The van der Waals surface area contributed by atoms with Gasteiger partial charge in [-0.3, -0.25) is 0 Å². The third-order valence-corrected chi connectivity index (χ3v) is 4.98. The molecule has 0 heterocycles. The van der Waals surface area contributed by atoms with Crippen molar-refractivity contribution in [2.24, 2.45) is 0 Å². The highest BCUT2D eigenvalue weighted by molar-refractivity contribution is 7.54. The van der Waals surface area contributed by atoms with Crippen LogP contribution in [0.4, 0.5) is 0 Å². The molecule has 0 fully saturated rings. The number of carbonyl (C=O) groups excluding carboxylic acids is 1. The largest absolute Gasteiger partial charge is 0.465 e. The molecular weight excluding hydrogens is 267 g/mol. The molecule has 7 heteroatoms. The van der Waals surface area contributed by atoms with Gasteiger partial charge in [0.1, 0.15) is 5.75 Å². The number of benzene rings is 1. The fraction of sp³-hybridized carbons (Fsp3) is 0.417. The zero-order valence-corrected chi connectivity index (χ0v) is 12.7. The van der Waals surface area contributed by atoms with E-state index in [9.17, 15) is 9.36 Å². The smallest absolute Gasteiger partial charge is 0.394 e. The summed E-state index contributed by atoms with van der Waals surface area (Å²) < 4.78 is 25.8. The van der Waals surface area contributed by atoms with Crippen LogP contribution in [0.15, 0.2) is 24.3 Å². The van der Waals surface area contributed by atoms with Gasteiger partial charge in [-0.1, -0.05) is 0 Å². The molecule has 0 unspecified atom stereocenters. The molecule has 1 aromatic rings. The van der Waals surface area contributed by atoms with Crippen LogP contribution in [-0.2, 0) is 9.30 Å². The molecule has 0 aliphatic rings. The van der Waals surface area contributed by atoms with Crippen LogP contribution < -0.4 is 4.52 Å². The molecule has 0 aliphatic heterocycles. The van der Waals surface area contributed by atoms with Gasteiger partial charge in [0.05, 0.1) is 12.7 Å². The second kappa shape index (κ2) is 6.19. The number of nitrogens with zero attached hydrogens (tertiary/aromatic N) is 2. The molecule has 19 heavy (non-hydrogen) atoms. The average molecular weight is 286 g/mol. The molecular formula is C12H19N2O4P. The number of methoxy groups -OCH3 is 1. The van der Waals surface area contributed by atoms with Crippen LogP contribution in [0.2, 0.25) is 0 Å². The van der Waals surface area contributed by atoms with Gasteiger partial charge < -0.3 is 9.26 Å². The van der Waals surface area contributed by atoms with Crippen molar-refractivity contribution >= 4 is 13.6 Å². The maximum absolute atomic E-state index is 12.6. The van der Waals surface area contributed by atoms with E-state index in [1.165, 1.54) is 16.5 Å². The lowest BCUT2D eigenvalue weighted by molar-refractivity contribution is 0.0600. The maximum atomic E-state index is 12.6. The molecule has 0 saturated carbocycles. The lowest BCUT2D eigenvalue weighted by Crippen LogP contribution is -2.24. The third kappa shape index (κ3) is 3.56. The van der Waals surface area contributed by atoms with Crippen LogP contribution in [0, 0.1) is 0 Å². The summed E-state index contributed by atoms with van der Waals surface area (Å²) in [5.41, 5.74) is 0.416. The van der Waals surface area contributed by atoms with Gasteiger partial charge in [0.25, 0.3) is 0 Å². The van der Waals surface area contributed by atoms with Gasteiger partial charge >= 0.3 is 13.6 Å². The molecule has 0 amide bonds. The van der Waals surface area contributed by atoms with E-state index in [2.05, 4.69) is 4.74 Å².